The van der Waals surface area contributed by atoms with E-state index in [9.17, 15) is 4.79 Å². The molecule has 1 aliphatic heterocycles. The predicted molar refractivity (Wildman–Crippen MR) is 36.1 cm³/mol. The number of carbonyl (C=O) groups is 1. The Labute approximate surface area is 59.9 Å². The van der Waals surface area contributed by atoms with Crippen molar-refractivity contribution in [2.45, 2.75) is 19.8 Å². The molecule has 1 heterocycles. The molecule has 0 amide bonds. The predicted octanol–water partition coefficient (Wildman–Crippen LogP) is 1.47. The largest absolute Gasteiger partial charge is 0.431 e. The maximum absolute atomic E-state index is 11.0. The minimum absolute atomic E-state index is 0.0174. The lowest BCUT2D eigenvalue weighted by molar-refractivity contribution is -0.139. The average molecular weight is 138 g/mol. The molecule has 1 fully saturated rings. The summed E-state index contributed by atoms with van der Waals surface area (Å²) in [4.78, 5) is 11.0. The van der Waals surface area contributed by atoms with Crippen molar-refractivity contribution in [2.75, 3.05) is 0 Å². The van der Waals surface area contributed by atoms with Crippen LogP contribution in [0.5, 0.6) is 0 Å². The van der Waals surface area contributed by atoms with Crippen LogP contribution < -0.4 is 0 Å². The molecule has 2 atom stereocenters. The van der Waals surface area contributed by atoms with Gasteiger partial charge in [0.2, 0.25) is 0 Å². The zero-order valence-electron chi connectivity index (χ0n) is 5.96. The third kappa shape index (κ3) is 0.681. The number of esters is 1. The van der Waals surface area contributed by atoms with Crippen molar-refractivity contribution in [3.63, 3.8) is 0 Å². The van der Waals surface area contributed by atoms with Crippen molar-refractivity contribution in [1.29, 1.82) is 0 Å². The molecule has 2 aliphatic rings. The summed E-state index contributed by atoms with van der Waals surface area (Å²) in [5.41, 5.74) is 0. The highest BCUT2D eigenvalue weighted by molar-refractivity contribution is 5.77. The van der Waals surface area contributed by atoms with E-state index in [0.717, 1.165) is 18.6 Å². The Morgan fingerprint density at radius 3 is 3.20 bits per heavy atom. The normalized spacial score (nSPS) is 37.3. The van der Waals surface area contributed by atoms with Crippen LogP contribution in [0.2, 0.25) is 0 Å². The van der Waals surface area contributed by atoms with Gasteiger partial charge in [-0.15, -0.1) is 0 Å². The Bertz CT molecular complexity index is 205. The monoisotopic (exact) mass is 138 g/mol. The Hall–Kier alpha value is -0.790. The third-order valence-electron chi connectivity index (χ3n) is 2.36. The van der Waals surface area contributed by atoms with E-state index in [1.165, 1.54) is 0 Å². The van der Waals surface area contributed by atoms with Crippen LogP contribution in [0.25, 0.3) is 0 Å². The van der Waals surface area contributed by atoms with Crippen LogP contribution in [0.15, 0.2) is 11.8 Å². The Morgan fingerprint density at radius 1 is 1.70 bits per heavy atom. The highest BCUT2D eigenvalue weighted by atomic mass is 16.5. The summed E-state index contributed by atoms with van der Waals surface area (Å²) in [6.45, 7) is 2.10. The fraction of sp³-hybridized carbons (Fsp3) is 0.625. The molecule has 2 heteroatoms. The average Bonchev–Trinajstić information content (AvgIpc) is 2.21. The fourth-order valence-corrected chi connectivity index (χ4v) is 1.59. The summed E-state index contributed by atoms with van der Waals surface area (Å²) in [7, 11) is 0. The molecular weight excluding hydrogens is 128 g/mol. The standard InChI is InChI=1S/C8H10O2/c1-5-2-3-6-4-7(5)8(9)10-6/h3,5,7H,2,4H2,1H3/t5-,7+/m1/s1. The second kappa shape index (κ2) is 1.84. The highest BCUT2D eigenvalue weighted by Gasteiger charge is 2.37. The SMILES string of the molecule is C[C@@H]1CC=C2C[C@@H]1C(=O)O2. The summed E-state index contributed by atoms with van der Waals surface area (Å²) in [5.74, 6) is 1.53. The Balaban J connectivity index is 2.31. The number of hydrogen-bond acceptors (Lipinski definition) is 2. The number of allylic oxidation sites excluding steroid dienone is 2. The van der Waals surface area contributed by atoms with Crippen molar-refractivity contribution in [1.82, 2.24) is 0 Å². The number of hydrogen-bond donors (Lipinski definition) is 0. The lowest BCUT2D eigenvalue weighted by Crippen LogP contribution is -2.16. The Morgan fingerprint density at radius 2 is 2.50 bits per heavy atom. The molecule has 1 saturated heterocycles. The van der Waals surface area contributed by atoms with Crippen LogP contribution in [0.1, 0.15) is 19.8 Å². The number of rotatable bonds is 0. The molecule has 0 unspecified atom stereocenters. The second-order valence-electron chi connectivity index (χ2n) is 3.12. The first-order valence-corrected chi connectivity index (χ1v) is 3.68. The summed E-state index contributed by atoms with van der Waals surface area (Å²) >= 11 is 0. The first kappa shape index (κ1) is 5.96. The molecule has 1 aliphatic carbocycles. The minimum atomic E-state index is -0.0174. The van der Waals surface area contributed by atoms with E-state index in [1.807, 2.05) is 6.08 Å². The van der Waals surface area contributed by atoms with Crippen molar-refractivity contribution in [3.8, 4) is 0 Å². The summed E-state index contributed by atoms with van der Waals surface area (Å²) in [6, 6.07) is 0. The zero-order chi connectivity index (χ0) is 7.14. The van der Waals surface area contributed by atoms with Crippen molar-refractivity contribution in [3.05, 3.63) is 11.8 Å². The third-order valence-corrected chi connectivity index (χ3v) is 2.36. The molecule has 2 bridgehead atoms. The van der Waals surface area contributed by atoms with Gasteiger partial charge in [0.15, 0.2) is 0 Å². The first-order valence-electron chi connectivity index (χ1n) is 3.68. The van der Waals surface area contributed by atoms with Crippen LogP contribution in [0, 0.1) is 11.8 Å². The zero-order valence-corrected chi connectivity index (χ0v) is 5.96. The van der Waals surface area contributed by atoms with Gasteiger partial charge in [-0.05, 0) is 18.4 Å². The van der Waals surface area contributed by atoms with E-state index in [0.29, 0.717) is 5.92 Å². The second-order valence-corrected chi connectivity index (χ2v) is 3.12. The van der Waals surface area contributed by atoms with Gasteiger partial charge in [-0.2, -0.15) is 0 Å². The van der Waals surface area contributed by atoms with Gasteiger partial charge < -0.3 is 4.74 Å². The molecule has 0 aromatic heterocycles. The fourth-order valence-electron chi connectivity index (χ4n) is 1.59. The lowest BCUT2D eigenvalue weighted by atomic mass is 9.86. The molecule has 54 valence electrons. The molecule has 0 spiro atoms. The van der Waals surface area contributed by atoms with Gasteiger partial charge in [-0.25, -0.2) is 0 Å². The molecule has 0 saturated carbocycles. The maximum Gasteiger partial charge on any atom is 0.314 e. The summed E-state index contributed by atoms with van der Waals surface area (Å²) in [6.07, 6.45) is 3.89. The van der Waals surface area contributed by atoms with Crippen LogP contribution in [-0.4, -0.2) is 5.97 Å². The van der Waals surface area contributed by atoms with Crippen molar-refractivity contribution in [2.24, 2.45) is 11.8 Å². The minimum Gasteiger partial charge on any atom is -0.431 e. The van der Waals surface area contributed by atoms with Gasteiger partial charge in [0.25, 0.3) is 0 Å². The maximum atomic E-state index is 11.0. The van der Waals surface area contributed by atoms with Gasteiger partial charge in [-0.1, -0.05) is 6.92 Å². The summed E-state index contributed by atoms with van der Waals surface area (Å²) in [5, 5.41) is 0. The van der Waals surface area contributed by atoms with Crippen LogP contribution in [0.4, 0.5) is 0 Å². The molecular formula is C8H10O2. The first-order chi connectivity index (χ1) is 4.77. The van der Waals surface area contributed by atoms with Crippen LogP contribution in [0.3, 0.4) is 0 Å². The number of ether oxygens (including phenoxy) is 1. The summed E-state index contributed by atoms with van der Waals surface area (Å²) < 4.78 is 4.98. The van der Waals surface area contributed by atoms with E-state index < -0.39 is 0 Å². The number of fused-ring (bicyclic) bond motifs is 2. The number of carbonyl (C=O) groups excluding carboxylic acids is 1. The van der Waals surface area contributed by atoms with Crippen LogP contribution >= 0.6 is 0 Å². The molecule has 0 aromatic rings. The van der Waals surface area contributed by atoms with Gasteiger partial charge >= 0.3 is 5.97 Å². The van der Waals surface area contributed by atoms with E-state index >= 15 is 0 Å². The van der Waals surface area contributed by atoms with E-state index in [1.54, 1.807) is 0 Å². The van der Waals surface area contributed by atoms with Gasteiger partial charge in [-0.3, -0.25) is 4.79 Å². The van der Waals surface area contributed by atoms with E-state index in [2.05, 4.69) is 6.92 Å². The smallest absolute Gasteiger partial charge is 0.314 e. The lowest BCUT2D eigenvalue weighted by Gasteiger charge is -2.14. The molecule has 10 heavy (non-hydrogen) atoms. The molecule has 0 aromatic carbocycles. The van der Waals surface area contributed by atoms with Crippen LogP contribution in [-0.2, 0) is 9.53 Å². The van der Waals surface area contributed by atoms with Crippen molar-refractivity contribution < 1.29 is 9.53 Å². The van der Waals surface area contributed by atoms with E-state index in [-0.39, 0.29) is 11.9 Å². The topological polar surface area (TPSA) is 26.3 Å². The molecule has 0 radical (unpaired) electrons. The van der Waals surface area contributed by atoms with E-state index in [4.69, 9.17) is 4.74 Å². The Kier molecular flexibility index (Phi) is 1.10. The van der Waals surface area contributed by atoms with Gasteiger partial charge in [0.1, 0.15) is 5.76 Å². The van der Waals surface area contributed by atoms with Gasteiger partial charge in [0, 0.05) is 6.42 Å². The van der Waals surface area contributed by atoms with Crippen molar-refractivity contribution >= 4 is 5.97 Å². The van der Waals surface area contributed by atoms with Gasteiger partial charge in [0.05, 0.1) is 5.92 Å². The quantitative estimate of drug-likeness (QED) is 0.474. The molecule has 2 rings (SSSR count). The highest BCUT2D eigenvalue weighted by Crippen LogP contribution is 2.36. The molecule has 0 N–H and O–H groups in total. The molecule has 2 nitrogen and oxygen atoms in total.